The van der Waals surface area contributed by atoms with Crippen LogP contribution in [0.15, 0.2) is 54.9 Å². The number of nitrogens with one attached hydrogen (secondary N) is 3. The van der Waals surface area contributed by atoms with Crippen LogP contribution in [-0.2, 0) is 4.74 Å². The molecule has 3 aromatic rings. The summed E-state index contributed by atoms with van der Waals surface area (Å²) in [7, 11) is 1.27. The predicted octanol–water partition coefficient (Wildman–Crippen LogP) is 3.01. The molecule has 1 aromatic carbocycles. The SMILES string of the molecule is COC(=O)c1[nH]c(C)cc1NC(=O)c1ccc(NC(=O)c2ccncc2)cc1. The molecular weight excluding hydrogens is 360 g/mol. The Morgan fingerprint density at radius 3 is 2.18 bits per heavy atom. The lowest BCUT2D eigenvalue weighted by Gasteiger charge is -2.08. The zero-order valence-corrected chi connectivity index (χ0v) is 15.3. The van der Waals surface area contributed by atoms with Crippen LogP contribution in [-0.4, -0.2) is 34.9 Å². The van der Waals surface area contributed by atoms with Gasteiger partial charge in [0.2, 0.25) is 0 Å². The largest absolute Gasteiger partial charge is 0.464 e. The van der Waals surface area contributed by atoms with Crippen molar-refractivity contribution in [2.75, 3.05) is 17.7 Å². The fourth-order valence-electron chi connectivity index (χ4n) is 2.56. The summed E-state index contributed by atoms with van der Waals surface area (Å²) in [5, 5.41) is 5.43. The average Bonchev–Trinajstić information content (AvgIpc) is 3.08. The number of methoxy groups -OCH3 is 1. The Balaban J connectivity index is 1.69. The van der Waals surface area contributed by atoms with Crippen molar-refractivity contribution in [1.29, 1.82) is 0 Å². The molecule has 3 rings (SSSR count). The standard InChI is InChI=1S/C20H18N4O4/c1-12-11-16(17(22-12)20(27)28-2)24-19(26)13-3-5-15(6-4-13)23-18(25)14-7-9-21-10-8-14/h3-11,22H,1-2H3,(H,23,25)(H,24,26). The molecule has 142 valence electrons. The van der Waals surface area contributed by atoms with Crippen LogP contribution >= 0.6 is 0 Å². The summed E-state index contributed by atoms with van der Waals surface area (Å²) < 4.78 is 4.70. The van der Waals surface area contributed by atoms with Gasteiger partial charge in [-0.05, 0) is 49.4 Å². The normalized spacial score (nSPS) is 10.2. The van der Waals surface area contributed by atoms with Gasteiger partial charge in [-0.1, -0.05) is 0 Å². The lowest BCUT2D eigenvalue weighted by molar-refractivity contribution is 0.0595. The summed E-state index contributed by atoms with van der Waals surface area (Å²) in [4.78, 5) is 43.1. The van der Waals surface area contributed by atoms with Gasteiger partial charge in [0.1, 0.15) is 5.69 Å². The van der Waals surface area contributed by atoms with Crippen molar-refractivity contribution in [2.24, 2.45) is 0 Å². The number of aromatic amines is 1. The molecule has 2 heterocycles. The first-order valence-corrected chi connectivity index (χ1v) is 8.38. The third-order valence-corrected chi connectivity index (χ3v) is 3.94. The maximum atomic E-state index is 12.5. The van der Waals surface area contributed by atoms with E-state index in [1.165, 1.54) is 19.5 Å². The molecule has 0 aliphatic rings. The number of aromatic nitrogens is 2. The smallest absolute Gasteiger partial charge is 0.356 e. The van der Waals surface area contributed by atoms with E-state index in [-0.39, 0.29) is 11.6 Å². The molecule has 2 amide bonds. The summed E-state index contributed by atoms with van der Waals surface area (Å²) in [6.45, 7) is 1.77. The van der Waals surface area contributed by atoms with Gasteiger partial charge < -0.3 is 20.4 Å². The van der Waals surface area contributed by atoms with Crippen LogP contribution in [0.2, 0.25) is 0 Å². The molecule has 28 heavy (non-hydrogen) atoms. The van der Waals surface area contributed by atoms with Gasteiger partial charge in [0.15, 0.2) is 0 Å². The van der Waals surface area contributed by atoms with E-state index in [1.54, 1.807) is 49.4 Å². The monoisotopic (exact) mass is 378 g/mol. The first kappa shape index (κ1) is 18.8. The predicted molar refractivity (Wildman–Crippen MR) is 103 cm³/mol. The minimum absolute atomic E-state index is 0.176. The Bertz CT molecular complexity index is 1010. The topological polar surface area (TPSA) is 113 Å². The van der Waals surface area contributed by atoms with Crippen LogP contribution in [0.25, 0.3) is 0 Å². The third kappa shape index (κ3) is 4.24. The van der Waals surface area contributed by atoms with Gasteiger partial charge in [0.05, 0.1) is 12.8 Å². The van der Waals surface area contributed by atoms with Gasteiger partial charge >= 0.3 is 5.97 Å². The number of H-pyrrole nitrogens is 1. The summed E-state index contributed by atoms with van der Waals surface area (Å²) in [5.74, 6) is -1.24. The van der Waals surface area contributed by atoms with Gasteiger partial charge in [0, 0.05) is 34.9 Å². The van der Waals surface area contributed by atoms with Crippen LogP contribution in [0.4, 0.5) is 11.4 Å². The zero-order chi connectivity index (χ0) is 20.1. The lowest BCUT2D eigenvalue weighted by Crippen LogP contribution is -2.15. The van der Waals surface area contributed by atoms with E-state index < -0.39 is 11.9 Å². The number of pyridine rings is 1. The molecule has 0 atom stereocenters. The highest BCUT2D eigenvalue weighted by Crippen LogP contribution is 2.19. The van der Waals surface area contributed by atoms with Crippen LogP contribution in [0, 0.1) is 6.92 Å². The number of nitrogens with zero attached hydrogens (tertiary/aromatic N) is 1. The van der Waals surface area contributed by atoms with Crippen molar-refractivity contribution in [3.8, 4) is 0 Å². The molecule has 8 nitrogen and oxygen atoms in total. The van der Waals surface area contributed by atoms with Gasteiger partial charge in [-0.3, -0.25) is 14.6 Å². The van der Waals surface area contributed by atoms with Gasteiger partial charge in [-0.15, -0.1) is 0 Å². The number of esters is 1. The highest BCUT2D eigenvalue weighted by molar-refractivity contribution is 6.08. The molecule has 0 bridgehead atoms. The van der Waals surface area contributed by atoms with Gasteiger partial charge in [-0.2, -0.15) is 0 Å². The third-order valence-electron chi connectivity index (χ3n) is 3.94. The molecular formula is C20H18N4O4. The van der Waals surface area contributed by atoms with Crippen LogP contribution in [0.5, 0.6) is 0 Å². The molecule has 0 radical (unpaired) electrons. The molecule has 0 aliphatic heterocycles. The Morgan fingerprint density at radius 1 is 0.929 bits per heavy atom. The fraction of sp³-hybridized carbons (Fsp3) is 0.100. The number of aryl methyl sites for hydroxylation is 1. The number of rotatable bonds is 5. The highest BCUT2D eigenvalue weighted by Gasteiger charge is 2.17. The maximum Gasteiger partial charge on any atom is 0.356 e. The van der Waals surface area contributed by atoms with Crippen molar-refractivity contribution >= 4 is 29.2 Å². The summed E-state index contributed by atoms with van der Waals surface area (Å²) in [5.41, 5.74) is 2.63. The van der Waals surface area contributed by atoms with Gasteiger partial charge in [0.25, 0.3) is 11.8 Å². The summed E-state index contributed by atoms with van der Waals surface area (Å²) in [6.07, 6.45) is 3.07. The van der Waals surface area contributed by atoms with E-state index in [1.807, 2.05) is 0 Å². The van der Waals surface area contributed by atoms with Crippen LogP contribution in [0.1, 0.15) is 36.9 Å². The van der Waals surface area contributed by atoms with Crippen molar-refractivity contribution in [2.45, 2.75) is 6.92 Å². The summed E-state index contributed by atoms with van der Waals surface area (Å²) >= 11 is 0. The lowest BCUT2D eigenvalue weighted by atomic mass is 10.1. The van der Waals surface area contributed by atoms with E-state index in [2.05, 4.69) is 20.6 Å². The quantitative estimate of drug-likeness (QED) is 0.591. The molecule has 0 saturated carbocycles. The van der Waals surface area contributed by atoms with E-state index in [4.69, 9.17) is 4.74 Å². The number of hydrogen-bond donors (Lipinski definition) is 3. The van der Waals surface area contributed by atoms with Crippen molar-refractivity contribution < 1.29 is 19.1 Å². The first-order valence-electron chi connectivity index (χ1n) is 8.38. The molecule has 8 heteroatoms. The summed E-state index contributed by atoms with van der Waals surface area (Å²) in [6, 6.07) is 11.3. The number of carbonyl (C=O) groups excluding carboxylic acids is 3. The first-order chi connectivity index (χ1) is 13.5. The second kappa shape index (κ2) is 8.17. The molecule has 0 aliphatic carbocycles. The maximum absolute atomic E-state index is 12.5. The number of hydrogen-bond acceptors (Lipinski definition) is 5. The van der Waals surface area contributed by atoms with E-state index in [0.29, 0.717) is 28.2 Å². The average molecular weight is 378 g/mol. The molecule has 0 fully saturated rings. The number of benzene rings is 1. The second-order valence-corrected chi connectivity index (χ2v) is 5.95. The van der Waals surface area contributed by atoms with Crippen molar-refractivity contribution in [3.05, 3.63) is 77.4 Å². The Labute approximate surface area is 160 Å². The van der Waals surface area contributed by atoms with Crippen LogP contribution < -0.4 is 10.6 Å². The van der Waals surface area contributed by atoms with E-state index in [0.717, 1.165) is 0 Å². The van der Waals surface area contributed by atoms with Crippen molar-refractivity contribution in [3.63, 3.8) is 0 Å². The second-order valence-electron chi connectivity index (χ2n) is 5.95. The van der Waals surface area contributed by atoms with Crippen LogP contribution in [0.3, 0.4) is 0 Å². The number of ether oxygens (including phenoxy) is 1. The Morgan fingerprint density at radius 2 is 1.54 bits per heavy atom. The number of anilines is 2. The minimum Gasteiger partial charge on any atom is -0.464 e. The zero-order valence-electron chi connectivity index (χ0n) is 15.3. The van der Waals surface area contributed by atoms with Gasteiger partial charge in [-0.25, -0.2) is 4.79 Å². The Hall–Kier alpha value is -3.94. The van der Waals surface area contributed by atoms with Crippen molar-refractivity contribution in [1.82, 2.24) is 9.97 Å². The highest BCUT2D eigenvalue weighted by atomic mass is 16.5. The number of amides is 2. The molecule has 0 unspecified atom stereocenters. The Kier molecular flexibility index (Phi) is 5.50. The molecule has 2 aromatic heterocycles. The molecule has 0 spiro atoms. The number of carbonyl (C=O) groups is 3. The fourth-order valence-corrected chi connectivity index (χ4v) is 2.56. The molecule has 3 N–H and O–H groups in total. The van der Waals surface area contributed by atoms with E-state index in [9.17, 15) is 14.4 Å². The minimum atomic E-state index is -0.572. The van der Waals surface area contributed by atoms with E-state index >= 15 is 0 Å². The molecule has 0 saturated heterocycles.